The van der Waals surface area contributed by atoms with Crippen LogP contribution in [-0.2, 0) is 19.5 Å². The van der Waals surface area contributed by atoms with Crippen LogP contribution in [0.3, 0.4) is 0 Å². The molecule has 0 heterocycles. The molecule has 1 N–H and O–H groups in total. The maximum atomic E-state index is 11.4. The summed E-state index contributed by atoms with van der Waals surface area (Å²) in [7, 11) is -0.0895. The van der Waals surface area contributed by atoms with Crippen molar-refractivity contribution in [3.63, 3.8) is 0 Å². The van der Waals surface area contributed by atoms with E-state index in [2.05, 4.69) is 4.72 Å². The summed E-state index contributed by atoms with van der Waals surface area (Å²) >= 11 is 5.86. The molecule has 0 aliphatic rings. The van der Waals surface area contributed by atoms with E-state index in [1.807, 2.05) is 0 Å². The first-order valence-electron chi connectivity index (χ1n) is 5.11. The number of sulfonamides is 1. The summed E-state index contributed by atoms with van der Waals surface area (Å²) in [4.78, 5) is 0. The minimum absolute atomic E-state index is 0.0814. The van der Waals surface area contributed by atoms with Crippen LogP contribution in [-0.4, -0.2) is 53.5 Å². The van der Waals surface area contributed by atoms with E-state index in [4.69, 9.17) is 21.1 Å². The van der Waals surface area contributed by atoms with Crippen molar-refractivity contribution in [1.82, 2.24) is 4.72 Å². The number of hydrogen-bond acceptors (Lipinski definition) is 4. The van der Waals surface area contributed by atoms with Gasteiger partial charge in [0.15, 0.2) is 0 Å². The van der Waals surface area contributed by atoms with Crippen LogP contribution < -0.4 is 4.72 Å². The molecular weight excluding hydrogens is 254 g/mol. The van der Waals surface area contributed by atoms with Crippen molar-refractivity contribution in [3.05, 3.63) is 0 Å². The molecule has 0 radical (unpaired) electrons. The number of nitrogens with one attached hydrogen (secondary N) is 1. The van der Waals surface area contributed by atoms with Crippen LogP contribution >= 0.6 is 11.6 Å². The Hall–Kier alpha value is 0.120. The van der Waals surface area contributed by atoms with Crippen molar-refractivity contribution >= 4 is 21.6 Å². The second-order valence-corrected chi connectivity index (χ2v) is 5.94. The van der Waals surface area contributed by atoms with Crippen LogP contribution in [0.4, 0.5) is 0 Å². The fourth-order valence-electron chi connectivity index (χ4n) is 1.10. The fourth-order valence-corrected chi connectivity index (χ4v) is 2.41. The van der Waals surface area contributed by atoms with Gasteiger partial charge in [-0.05, 0) is 12.8 Å². The average Bonchev–Trinajstić information content (AvgIpc) is 2.18. The molecule has 0 aliphatic heterocycles. The number of hydrogen-bond donors (Lipinski definition) is 1. The van der Waals surface area contributed by atoms with Crippen LogP contribution in [0.2, 0.25) is 0 Å². The van der Waals surface area contributed by atoms with E-state index in [1.54, 1.807) is 14.2 Å². The summed E-state index contributed by atoms with van der Waals surface area (Å²) in [5, 5.41) is -0.160. The number of ether oxygens (including phenoxy) is 2. The van der Waals surface area contributed by atoms with E-state index in [1.165, 1.54) is 0 Å². The van der Waals surface area contributed by atoms with Crippen molar-refractivity contribution in [1.29, 1.82) is 0 Å². The number of alkyl halides is 1. The maximum Gasteiger partial charge on any atom is 0.211 e. The lowest BCUT2D eigenvalue weighted by Gasteiger charge is -2.09. The van der Waals surface area contributed by atoms with E-state index < -0.39 is 10.0 Å². The highest BCUT2D eigenvalue weighted by Crippen LogP contribution is 2.01. The average molecular weight is 274 g/mol. The summed E-state index contributed by atoms with van der Waals surface area (Å²) in [6, 6.07) is 0. The van der Waals surface area contributed by atoms with Crippen molar-refractivity contribution in [2.75, 3.05) is 39.7 Å². The molecule has 7 heteroatoms. The summed E-state index contributed by atoms with van der Waals surface area (Å²) < 4.78 is 34.9. The Morgan fingerprint density at radius 3 is 2.56 bits per heavy atom. The normalized spacial score (nSPS) is 13.9. The van der Waals surface area contributed by atoms with Crippen molar-refractivity contribution in [2.45, 2.75) is 18.2 Å². The van der Waals surface area contributed by atoms with Crippen LogP contribution in [0.1, 0.15) is 12.8 Å². The molecule has 0 bridgehead atoms. The Balaban J connectivity index is 3.65. The molecule has 0 aromatic rings. The topological polar surface area (TPSA) is 64.6 Å². The van der Waals surface area contributed by atoms with Gasteiger partial charge in [0, 0.05) is 27.4 Å². The third kappa shape index (κ3) is 9.35. The highest BCUT2D eigenvalue weighted by Gasteiger charge is 2.10. The van der Waals surface area contributed by atoms with Crippen LogP contribution in [0.15, 0.2) is 0 Å². The molecule has 0 aromatic heterocycles. The van der Waals surface area contributed by atoms with Gasteiger partial charge in [0.05, 0.1) is 17.7 Å². The van der Waals surface area contributed by atoms with Gasteiger partial charge >= 0.3 is 0 Å². The molecule has 1 unspecified atom stereocenters. The molecule has 0 saturated heterocycles. The zero-order valence-electron chi connectivity index (χ0n) is 9.74. The Morgan fingerprint density at radius 1 is 1.31 bits per heavy atom. The Kier molecular flexibility index (Phi) is 9.25. The van der Waals surface area contributed by atoms with E-state index in [0.717, 1.165) is 0 Å². The van der Waals surface area contributed by atoms with E-state index in [-0.39, 0.29) is 11.1 Å². The minimum Gasteiger partial charge on any atom is -0.385 e. The van der Waals surface area contributed by atoms with Crippen molar-refractivity contribution < 1.29 is 17.9 Å². The molecule has 1 atom stereocenters. The molecule has 16 heavy (non-hydrogen) atoms. The minimum atomic E-state index is -3.19. The molecule has 0 amide bonds. The molecule has 0 spiro atoms. The second-order valence-electron chi connectivity index (χ2n) is 3.40. The van der Waals surface area contributed by atoms with Gasteiger partial charge in [-0.2, -0.15) is 0 Å². The highest BCUT2D eigenvalue weighted by molar-refractivity contribution is 7.89. The summed E-state index contributed by atoms with van der Waals surface area (Å²) in [6.07, 6.45) is 1.05. The Bertz CT molecular complexity index is 258. The quantitative estimate of drug-likeness (QED) is 0.467. The molecule has 0 fully saturated rings. The van der Waals surface area contributed by atoms with E-state index in [9.17, 15) is 8.42 Å². The van der Waals surface area contributed by atoms with E-state index >= 15 is 0 Å². The number of methoxy groups -OCH3 is 2. The van der Waals surface area contributed by atoms with Gasteiger partial charge in [-0.3, -0.25) is 0 Å². The maximum absolute atomic E-state index is 11.4. The van der Waals surface area contributed by atoms with Crippen LogP contribution in [0.5, 0.6) is 0 Å². The molecule has 98 valence electrons. The van der Waals surface area contributed by atoms with Gasteiger partial charge in [0.25, 0.3) is 0 Å². The van der Waals surface area contributed by atoms with Gasteiger partial charge < -0.3 is 9.47 Å². The van der Waals surface area contributed by atoms with Gasteiger partial charge in [0.1, 0.15) is 0 Å². The third-order valence-corrected chi connectivity index (χ3v) is 3.70. The van der Waals surface area contributed by atoms with Crippen molar-refractivity contribution in [3.8, 4) is 0 Å². The highest BCUT2D eigenvalue weighted by atomic mass is 35.5. The zero-order chi connectivity index (χ0) is 12.4. The fraction of sp³-hybridized carbons (Fsp3) is 1.00. The second kappa shape index (κ2) is 9.18. The summed E-state index contributed by atoms with van der Waals surface area (Å²) in [6.45, 7) is 1.21. The largest absolute Gasteiger partial charge is 0.385 e. The molecule has 0 aliphatic carbocycles. The first-order valence-corrected chi connectivity index (χ1v) is 7.20. The lowest BCUT2D eigenvalue weighted by molar-refractivity contribution is 0.195. The molecule has 0 aromatic carbocycles. The van der Waals surface area contributed by atoms with Crippen LogP contribution in [0.25, 0.3) is 0 Å². The molecule has 0 saturated carbocycles. The smallest absolute Gasteiger partial charge is 0.211 e. The molecular formula is C9H20ClNO4S. The SMILES string of the molecule is COCCCS(=O)(=O)NCCC(Cl)COC. The first-order chi connectivity index (χ1) is 7.52. The van der Waals surface area contributed by atoms with Crippen molar-refractivity contribution in [2.24, 2.45) is 0 Å². The predicted molar refractivity (Wildman–Crippen MR) is 64.4 cm³/mol. The van der Waals surface area contributed by atoms with Gasteiger partial charge in [-0.1, -0.05) is 0 Å². The zero-order valence-corrected chi connectivity index (χ0v) is 11.3. The third-order valence-electron chi connectivity index (χ3n) is 1.89. The van der Waals surface area contributed by atoms with Gasteiger partial charge in [-0.25, -0.2) is 13.1 Å². The van der Waals surface area contributed by atoms with Gasteiger partial charge in [-0.15, -0.1) is 11.6 Å². The van der Waals surface area contributed by atoms with Crippen LogP contribution in [0, 0.1) is 0 Å². The first kappa shape index (κ1) is 16.1. The number of halogens is 1. The Morgan fingerprint density at radius 2 is 2.00 bits per heavy atom. The lowest BCUT2D eigenvalue weighted by Crippen LogP contribution is -2.29. The Labute approximate surface area is 102 Å². The molecule has 5 nitrogen and oxygen atoms in total. The molecule has 0 rings (SSSR count). The summed E-state index contributed by atoms with van der Waals surface area (Å²) in [5.41, 5.74) is 0. The summed E-state index contributed by atoms with van der Waals surface area (Å²) in [5.74, 6) is 0.0814. The van der Waals surface area contributed by atoms with E-state index in [0.29, 0.717) is 32.6 Å². The van der Waals surface area contributed by atoms with Gasteiger partial charge in [0.2, 0.25) is 10.0 Å². The number of rotatable bonds is 10. The standard InChI is InChI=1S/C9H20ClNO4S/c1-14-6-3-7-16(12,13)11-5-4-9(10)8-15-2/h9,11H,3-8H2,1-2H3. The monoisotopic (exact) mass is 273 g/mol. The lowest BCUT2D eigenvalue weighted by atomic mass is 10.3. The predicted octanol–water partition coefficient (Wildman–Crippen LogP) is 0.586.